The Labute approximate surface area is 255 Å². The van der Waals surface area contributed by atoms with Crippen LogP contribution in [0, 0.1) is 5.82 Å². The number of halogens is 1. The van der Waals surface area contributed by atoms with Crippen molar-refractivity contribution in [2.45, 2.75) is 25.4 Å². The number of hydrogen-bond donors (Lipinski definition) is 1. The molecule has 43 heavy (non-hydrogen) atoms. The molecule has 2 atom stereocenters. The van der Waals surface area contributed by atoms with Crippen molar-refractivity contribution in [2.24, 2.45) is 4.99 Å². The van der Waals surface area contributed by atoms with Crippen LogP contribution < -0.4 is 5.32 Å². The summed E-state index contributed by atoms with van der Waals surface area (Å²) in [6.07, 6.45) is 0.650. The second kappa shape index (κ2) is 13.1. The molecular formula is C34H35FN4O3S. The Bertz CT molecular complexity index is 1570. The maximum Gasteiger partial charge on any atom is 0.341 e. The van der Waals surface area contributed by atoms with Crippen molar-refractivity contribution in [3.8, 4) is 0 Å². The lowest BCUT2D eigenvalue weighted by Crippen LogP contribution is -2.44. The van der Waals surface area contributed by atoms with Gasteiger partial charge in [-0.1, -0.05) is 60.7 Å². The number of anilines is 1. The summed E-state index contributed by atoms with van der Waals surface area (Å²) in [7, 11) is 2.15. The number of aliphatic imine (C=N–C) groups is 1. The van der Waals surface area contributed by atoms with E-state index < -0.39 is 0 Å². The van der Waals surface area contributed by atoms with E-state index in [1.807, 2.05) is 19.1 Å². The third-order valence-corrected chi connectivity index (χ3v) is 9.14. The van der Waals surface area contributed by atoms with Gasteiger partial charge in [-0.3, -0.25) is 4.90 Å². The molecule has 6 rings (SSSR count). The van der Waals surface area contributed by atoms with E-state index in [9.17, 15) is 9.18 Å². The molecule has 1 fully saturated rings. The molecule has 2 unspecified atom stereocenters. The number of fused-ring (bicyclic) bond motifs is 1. The Kier molecular flexibility index (Phi) is 8.83. The number of rotatable bonds is 6. The normalized spacial score (nSPS) is 19.1. The predicted molar refractivity (Wildman–Crippen MR) is 169 cm³/mol. The molecule has 4 aromatic rings. The largest absolute Gasteiger partial charge is 0.462 e. The lowest BCUT2D eigenvalue weighted by Gasteiger charge is -2.40. The van der Waals surface area contributed by atoms with E-state index in [2.05, 4.69) is 70.7 Å². The zero-order valence-corrected chi connectivity index (χ0v) is 25.1. The van der Waals surface area contributed by atoms with Gasteiger partial charge < -0.3 is 19.7 Å². The van der Waals surface area contributed by atoms with E-state index in [1.54, 1.807) is 12.1 Å². The molecule has 1 saturated heterocycles. The monoisotopic (exact) mass is 598 g/mol. The smallest absolute Gasteiger partial charge is 0.341 e. The second-order valence-corrected chi connectivity index (χ2v) is 11.7. The van der Waals surface area contributed by atoms with Crippen molar-refractivity contribution in [2.75, 3.05) is 45.3 Å². The SMILES string of the molecule is CCOC(=O)c1c(/N=C(/Nc2ccc(F)cc2)N2CCOCC2)sc2c1CC(c1ccccc1)N(C)C2c1ccccc1. The second-order valence-electron chi connectivity index (χ2n) is 10.6. The number of thiophene rings is 1. The van der Waals surface area contributed by atoms with Crippen LogP contribution in [0.25, 0.3) is 0 Å². The van der Waals surface area contributed by atoms with Crippen LogP contribution in [-0.2, 0) is 15.9 Å². The molecule has 2 aliphatic rings. The van der Waals surface area contributed by atoms with Crippen molar-refractivity contribution < 1.29 is 18.7 Å². The average Bonchev–Trinajstić information content (AvgIpc) is 3.40. The van der Waals surface area contributed by atoms with Gasteiger partial charge in [-0.25, -0.2) is 14.2 Å². The third-order valence-electron chi connectivity index (χ3n) is 7.96. The van der Waals surface area contributed by atoms with Crippen LogP contribution >= 0.6 is 11.3 Å². The van der Waals surface area contributed by atoms with Gasteiger partial charge in [0.2, 0.25) is 5.96 Å². The minimum Gasteiger partial charge on any atom is -0.462 e. The highest BCUT2D eigenvalue weighted by molar-refractivity contribution is 7.16. The highest BCUT2D eigenvalue weighted by Gasteiger charge is 2.39. The van der Waals surface area contributed by atoms with E-state index in [0.717, 1.165) is 16.0 Å². The van der Waals surface area contributed by atoms with Crippen LogP contribution in [0.4, 0.5) is 15.1 Å². The van der Waals surface area contributed by atoms with Gasteiger partial charge in [-0.15, -0.1) is 11.3 Å². The Morgan fingerprint density at radius 1 is 1.00 bits per heavy atom. The van der Waals surface area contributed by atoms with Crippen molar-refractivity contribution in [3.05, 3.63) is 118 Å². The molecule has 0 radical (unpaired) electrons. The first-order chi connectivity index (χ1) is 21.0. The summed E-state index contributed by atoms with van der Waals surface area (Å²) >= 11 is 1.54. The number of carbonyl (C=O) groups is 1. The molecule has 0 spiro atoms. The van der Waals surface area contributed by atoms with Crippen LogP contribution in [0.2, 0.25) is 0 Å². The standard InChI is InChI=1S/C34H35FN4O3S/c1-3-42-33(40)29-27-22-28(23-10-6-4-7-11-23)38(2)30(24-12-8-5-9-13-24)31(27)43-32(29)37-34(39-18-20-41-21-19-39)36-26-16-14-25(35)15-17-26/h4-17,28,30H,3,18-22H2,1-2H3,(H,36,37). The number of likely N-dealkylation sites (N-methyl/N-ethyl adjacent to an activating group) is 1. The molecule has 0 amide bonds. The molecule has 222 valence electrons. The first kappa shape index (κ1) is 29.0. The van der Waals surface area contributed by atoms with Gasteiger partial charge in [-0.05, 0) is 61.3 Å². The number of benzene rings is 3. The van der Waals surface area contributed by atoms with Gasteiger partial charge in [0.05, 0.1) is 25.9 Å². The summed E-state index contributed by atoms with van der Waals surface area (Å²) in [5.74, 6) is -0.0942. The molecule has 0 bridgehead atoms. The highest BCUT2D eigenvalue weighted by atomic mass is 32.1. The summed E-state index contributed by atoms with van der Waals surface area (Å²) in [5.41, 5.74) is 4.54. The van der Waals surface area contributed by atoms with Gasteiger partial charge in [0.1, 0.15) is 16.4 Å². The Balaban J connectivity index is 1.52. The zero-order chi connectivity index (χ0) is 29.8. The first-order valence-electron chi connectivity index (χ1n) is 14.6. The third kappa shape index (κ3) is 6.20. The summed E-state index contributed by atoms with van der Waals surface area (Å²) in [6, 6.07) is 27.0. The van der Waals surface area contributed by atoms with E-state index in [4.69, 9.17) is 14.5 Å². The summed E-state index contributed by atoms with van der Waals surface area (Å²) in [4.78, 5) is 24.5. The summed E-state index contributed by atoms with van der Waals surface area (Å²) in [6.45, 7) is 4.49. The van der Waals surface area contributed by atoms with Crippen LogP contribution in [0.3, 0.4) is 0 Å². The van der Waals surface area contributed by atoms with Gasteiger partial charge in [0.15, 0.2) is 0 Å². The molecule has 3 aromatic carbocycles. The molecule has 3 heterocycles. The Morgan fingerprint density at radius 2 is 1.65 bits per heavy atom. The van der Waals surface area contributed by atoms with E-state index >= 15 is 0 Å². The highest BCUT2D eigenvalue weighted by Crippen LogP contribution is 2.50. The Morgan fingerprint density at radius 3 is 2.30 bits per heavy atom. The first-order valence-corrected chi connectivity index (χ1v) is 15.4. The molecule has 0 saturated carbocycles. The van der Waals surface area contributed by atoms with Crippen LogP contribution in [0.15, 0.2) is 89.9 Å². The lowest BCUT2D eigenvalue weighted by atomic mass is 9.86. The molecule has 0 aliphatic carbocycles. The predicted octanol–water partition coefficient (Wildman–Crippen LogP) is 6.81. The fourth-order valence-electron chi connectivity index (χ4n) is 5.85. The summed E-state index contributed by atoms with van der Waals surface area (Å²) in [5, 5.41) is 3.99. The number of morpholine rings is 1. The number of hydrogen-bond acceptors (Lipinski definition) is 6. The number of nitrogens with one attached hydrogen (secondary N) is 1. The Hall–Kier alpha value is -4.05. The van der Waals surface area contributed by atoms with Crippen molar-refractivity contribution in [1.29, 1.82) is 0 Å². The van der Waals surface area contributed by atoms with Crippen molar-refractivity contribution in [1.82, 2.24) is 9.80 Å². The molecule has 2 aliphatic heterocycles. The van der Waals surface area contributed by atoms with Gasteiger partial charge in [0.25, 0.3) is 0 Å². The number of nitrogens with zero attached hydrogens (tertiary/aromatic N) is 3. The molecular weight excluding hydrogens is 563 g/mol. The van der Waals surface area contributed by atoms with Crippen LogP contribution in [0.5, 0.6) is 0 Å². The van der Waals surface area contributed by atoms with Crippen molar-refractivity contribution in [3.63, 3.8) is 0 Å². The lowest BCUT2D eigenvalue weighted by molar-refractivity contribution is 0.0524. The van der Waals surface area contributed by atoms with Crippen LogP contribution in [0.1, 0.15) is 50.9 Å². The van der Waals surface area contributed by atoms with Gasteiger partial charge >= 0.3 is 5.97 Å². The average molecular weight is 599 g/mol. The quantitative estimate of drug-likeness (QED) is 0.149. The maximum absolute atomic E-state index is 13.7. The number of ether oxygens (including phenoxy) is 2. The van der Waals surface area contributed by atoms with E-state index in [0.29, 0.717) is 54.9 Å². The molecule has 9 heteroatoms. The van der Waals surface area contributed by atoms with Gasteiger partial charge in [0, 0.05) is 29.7 Å². The number of carbonyl (C=O) groups excluding carboxylic acids is 1. The molecule has 7 nitrogen and oxygen atoms in total. The number of guanidine groups is 1. The molecule has 1 aromatic heterocycles. The number of esters is 1. The van der Waals surface area contributed by atoms with Crippen molar-refractivity contribution >= 4 is 34.0 Å². The fourth-order valence-corrected chi connectivity index (χ4v) is 7.22. The zero-order valence-electron chi connectivity index (χ0n) is 24.3. The minimum absolute atomic E-state index is 0.0505. The fraction of sp³-hybridized carbons (Fsp3) is 0.294. The van der Waals surface area contributed by atoms with E-state index in [-0.39, 0.29) is 30.5 Å². The van der Waals surface area contributed by atoms with Gasteiger partial charge in [-0.2, -0.15) is 0 Å². The minimum atomic E-state index is -0.370. The topological polar surface area (TPSA) is 66.4 Å². The van der Waals surface area contributed by atoms with Crippen LogP contribution in [-0.4, -0.2) is 61.7 Å². The molecule has 1 N–H and O–H groups in total. The maximum atomic E-state index is 13.7. The summed E-state index contributed by atoms with van der Waals surface area (Å²) < 4.78 is 24.9. The van der Waals surface area contributed by atoms with E-state index in [1.165, 1.54) is 29.0 Å².